The molecule has 0 spiro atoms. The first kappa shape index (κ1) is 12.6. The second kappa shape index (κ2) is 5.65. The molecule has 0 fully saturated rings. The van der Waals surface area contributed by atoms with Crippen molar-refractivity contribution in [2.75, 3.05) is 13.7 Å². The van der Waals surface area contributed by atoms with Gasteiger partial charge in [0.2, 0.25) is 0 Å². The number of nitrogens with one attached hydrogen (secondary N) is 1. The van der Waals surface area contributed by atoms with Gasteiger partial charge in [-0.05, 0) is 50.8 Å². The Morgan fingerprint density at radius 1 is 1.24 bits per heavy atom. The Bertz CT molecular complexity index is 337. The summed E-state index contributed by atoms with van der Waals surface area (Å²) in [6.45, 7) is 5.00. The molecule has 1 unspecified atom stereocenters. The van der Waals surface area contributed by atoms with E-state index in [4.69, 9.17) is 4.74 Å². The summed E-state index contributed by atoms with van der Waals surface area (Å²) in [4.78, 5) is 0. The van der Waals surface area contributed by atoms with Crippen LogP contribution < -0.4 is 5.32 Å². The van der Waals surface area contributed by atoms with E-state index in [1.54, 1.807) is 0 Å². The molecule has 2 rings (SSSR count). The minimum atomic E-state index is 0.314. The zero-order valence-electron chi connectivity index (χ0n) is 11.1. The molecule has 0 saturated heterocycles. The average molecular weight is 233 g/mol. The minimum Gasteiger partial charge on any atom is -0.377 e. The Hall–Kier alpha value is -0.860. The van der Waals surface area contributed by atoms with Crippen LogP contribution in [0.25, 0.3) is 0 Å². The molecule has 1 aromatic rings. The van der Waals surface area contributed by atoms with Crippen molar-refractivity contribution in [1.29, 1.82) is 0 Å². The highest BCUT2D eigenvalue weighted by Crippen LogP contribution is 2.28. The first-order chi connectivity index (χ1) is 8.20. The molecular weight excluding hydrogens is 210 g/mol. The zero-order valence-corrected chi connectivity index (χ0v) is 11.1. The van der Waals surface area contributed by atoms with Crippen LogP contribution in [0.2, 0.25) is 0 Å². The van der Waals surface area contributed by atoms with Gasteiger partial charge in [-0.1, -0.05) is 24.3 Å². The summed E-state index contributed by atoms with van der Waals surface area (Å²) < 4.78 is 5.74. The van der Waals surface area contributed by atoms with Crippen LogP contribution in [0.5, 0.6) is 0 Å². The van der Waals surface area contributed by atoms with Gasteiger partial charge in [0.05, 0.1) is 12.7 Å². The van der Waals surface area contributed by atoms with Crippen molar-refractivity contribution in [3.05, 3.63) is 35.4 Å². The molecule has 0 bridgehead atoms. The number of fused-ring (bicyclic) bond motifs is 1. The number of hydrogen-bond donors (Lipinski definition) is 1. The van der Waals surface area contributed by atoms with Crippen LogP contribution in [0.4, 0.5) is 0 Å². The predicted molar refractivity (Wildman–Crippen MR) is 71.3 cm³/mol. The highest BCUT2D eigenvalue weighted by atomic mass is 16.5. The van der Waals surface area contributed by atoms with E-state index in [2.05, 4.69) is 43.4 Å². The maximum Gasteiger partial charge on any atom is 0.0625 e. The number of benzene rings is 1. The van der Waals surface area contributed by atoms with Crippen molar-refractivity contribution in [3.8, 4) is 0 Å². The van der Waals surface area contributed by atoms with Gasteiger partial charge in [-0.15, -0.1) is 0 Å². The Morgan fingerprint density at radius 3 is 2.29 bits per heavy atom. The first-order valence-electron chi connectivity index (χ1n) is 6.56. The molecule has 2 heteroatoms. The maximum atomic E-state index is 5.74. The summed E-state index contributed by atoms with van der Waals surface area (Å²) in [7, 11) is 2.04. The molecule has 0 heterocycles. The van der Waals surface area contributed by atoms with E-state index in [0.717, 1.165) is 6.61 Å². The normalized spacial score (nSPS) is 17.4. The second-order valence-electron chi connectivity index (χ2n) is 5.21. The van der Waals surface area contributed by atoms with Gasteiger partial charge in [-0.25, -0.2) is 0 Å². The van der Waals surface area contributed by atoms with Gasteiger partial charge >= 0.3 is 0 Å². The summed E-state index contributed by atoms with van der Waals surface area (Å²) in [6, 6.07) is 9.25. The topological polar surface area (TPSA) is 21.3 Å². The smallest absolute Gasteiger partial charge is 0.0625 e. The Balaban J connectivity index is 1.95. The lowest BCUT2D eigenvalue weighted by atomic mass is 9.97. The van der Waals surface area contributed by atoms with Crippen LogP contribution in [0.3, 0.4) is 0 Å². The van der Waals surface area contributed by atoms with Crippen molar-refractivity contribution >= 4 is 0 Å². The molecule has 0 aliphatic heterocycles. The van der Waals surface area contributed by atoms with E-state index < -0.39 is 0 Å². The van der Waals surface area contributed by atoms with Gasteiger partial charge in [0.1, 0.15) is 0 Å². The lowest BCUT2D eigenvalue weighted by Gasteiger charge is -2.23. The fourth-order valence-corrected chi connectivity index (χ4v) is 2.63. The number of likely N-dealkylation sites (N-methyl/N-ethyl adjacent to an activating group) is 1. The standard InChI is InChI=1S/C15H23NO/c1-11(2)17-10-15(16-3)14-8-12-6-4-5-7-13(12)9-14/h4-7,11,14-16H,8-10H2,1-3H3. The molecule has 0 saturated carbocycles. The predicted octanol–water partition coefficient (Wildman–Crippen LogP) is 2.41. The minimum absolute atomic E-state index is 0.314. The van der Waals surface area contributed by atoms with Gasteiger partial charge in [-0.3, -0.25) is 0 Å². The molecule has 1 aliphatic carbocycles. The Kier molecular flexibility index (Phi) is 4.19. The van der Waals surface area contributed by atoms with E-state index in [0.29, 0.717) is 18.1 Å². The lowest BCUT2D eigenvalue weighted by molar-refractivity contribution is 0.0509. The highest BCUT2D eigenvalue weighted by Gasteiger charge is 2.27. The molecule has 0 amide bonds. The molecule has 1 atom stereocenters. The third-order valence-corrected chi connectivity index (χ3v) is 3.63. The Labute approximate surface area is 104 Å². The third kappa shape index (κ3) is 3.08. The fourth-order valence-electron chi connectivity index (χ4n) is 2.63. The van der Waals surface area contributed by atoms with E-state index >= 15 is 0 Å². The average Bonchev–Trinajstić information content (AvgIpc) is 2.72. The van der Waals surface area contributed by atoms with Crippen LogP contribution in [-0.4, -0.2) is 25.8 Å². The highest BCUT2D eigenvalue weighted by molar-refractivity contribution is 5.32. The lowest BCUT2D eigenvalue weighted by Crippen LogP contribution is -2.39. The van der Waals surface area contributed by atoms with E-state index in [1.807, 2.05) is 7.05 Å². The van der Waals surface area contributed by atoms with E-state index in [9.17, 15) is 0 Å². The van der Waals surface area contributed by atoms with Crippen LogP contribution in [0.15, 0.2) is 24.3 Å². The number of ether oxygens (including phenoxy) is 1. The molecule has 94 valence electrons. The van der Waals surface area contributed by atoms with E-state index in [-0.39, 0.29) is 0 Å². The summed E-state index contributed by atoms with van der Waals surface area (Å²) >= 11 is 0. The van der Waals surface area contributed by atoms with Crippen LogP contribution in [-0.2, 0) is 17.6 Å². The van der Waals surface area contributed by atoms with Crippen molar-refractivity contribution in [1.82, 2.24) is 5.32 Å². The van der Waals surface area contributed by atoms with Crippen LogP contribution >= 0.6 is 0 Å². The molecule has 2 nitrogen and oxygen atoms in total. The van der Waals surface area contributed by atoms with Gasteiger partial charge in [0, 0.05) is 6.04 Å². The van der Waals surface area contributed by atoms with Crippen molar-refractivity contribution < 1.29 is 4.74 Å². The quantitative estimate of drug-likeness (QED) is 0.843. The van der Waals surface area contributed by atoms with Crippen LogP contribution in [0.1, 0.15) is 25.0 Å². The first-order valence-corrected chi connectivity index (χ1v) is 6.56. The van der Waals surface area contributed by atoms with Gasteiger partial charge in [0.25, 0.3) is 0 Å². The summed E-state index contributed by atoms with van der Waals surface area (Å²) in [6.07, 6.45) is 2.68. The molecule has 1 aliphatic rings. The molecule has 0 aromatic heterocycles. The second-order valence-corrected chi connectivity index (χ2v) is 5.21. The monoisotopic (exact) mass is 233 g/mol. The SMILES string of the molecule is CNC(COC(C)C)C1Cc2ccccc2C1. The summed E-state index contributed by atoms with van der Waals surface area (Å²) in [5, 5.41) is 3.41. The largest absolute Gasteiger partial charge is 0.377 e. The maximum absolute atomic E-state index is 5.74. The molecule has 1 aromatic carbocycles. The summed E-state index contributed by atoms with van der Waals surface area (Å²) in [5.41, 5.74) is 3.03. The molecule has 0 radical (unpaired) electrons. The van der Waals surface area contributed by atoms with Crippen molar-refractivity contribution in [2.45, 2.75) is 38.8 Å². The third-order valence-electron chi connectivity index (χ3n) is 3.63. The number of rotatable bonds is 5. The van der Waals surface area contributed by atoms with Crippen molar-refractivity contribution in [2.24, 2.45) is 5.92 Å². The van der Waals surface area contributed by atoms with Gasteiger partial charge in [0.15, 0.2) is 0 Å². The molecule has 17 heavy (non-hydrogen) atoms. The Morgan fingerprint density at radius 2 is 1.82 bits per heavy atom. The van der Waals surface area contributed by atoms with E-state index in [1.165, 1.54) is 24.0 Å². The van der Waals surface area contributed by atoms with Crippen LogP contribution in [0, 0.1) is 5.92 Å². The number of hydrogen-bond acceptors (Lipinski definition) is 2. The van der Waals surface area contributed by atoms with Crippen molar-refractivity contribution in [3.63, 3.8) is 0 Å². The van der Waals surface area contributed by atoms with Gasteiger partial charge in [-0.2, -0.15) is 0 Å². The molecular formula is C15H23NO. The zero-order chi connectivity index (χ0) is 12.3. The molecule has 1 N–H and O–H groups in total. The fraction of sp³-hybridized carbons (Fsp3) is 0.600. The van der Waals surface area contributed by atoms with Gasteiger partial charge < -0.3 is 10.1 Å². The summed E-state index contributed by atoms with van der Waals surface area (Å²) in [5.74, 6) is 0.677.